The van der Waals surface area contributed by atoms with Crippen molar-refractivity contribution < 1.29 is 14.7 Å². The molecule has 1 heterocycles. The van der Waals surface area contributed by atoms with Crippen LogP contribution in [0.4, 0.5) is 16.2 Å². The molecule has 0 bridgehead atoms. The highest BCUT2D eigenvalue weighted by Gasteiger charge is 2.21. The van der Waals surface area contributed by atoms with E-state index in [1.165, 1.54) is 0 Å². The number of aromatic hydroxyl groups is 1. The number of carbonyl (C=O) groups is 2. The molecule has 5 N–H and O–H groups in total. The SMILES string of the molecule is CCNC(=O)Nc1cccc(N=C(c2ccccc2)c2c(O)[nH]c3ccc(C(=O)N[C@H](CC)c4ccccc4)cc23)c1. The minimum Gasteiger partial charge on any atom is -0.494 e. The Hall–Kier alpha value is -5.37. The maximum absolute atomic E-state index is 13.4. The summed E-state index contributed by atoms with van der Waals surface area (Å²) in [5.74, 6) is -0.265. The van der Waals surface area contributed by atoms with Gasteiger partial charge in [-0.05, 0) is 55.3 Å². The van der Waals surface area contributed by atoms with Gasteiger partial charge in [-0.1, -0.05) is 73.7 Å². The van der Waals surface area contributed by atoms with Crippen molar-refractivity contribution in [2.24, 2.45) is 4.99 Å². The molecule has 5 aromatic rings. The van der Waals surface area contributed by atoms with Crippen molar-refractivity contribution in [3.63, 3.8) is 0 Å². The lowest BCUT2D eigenvalue weighted by Crippen LogP contribution is -2.28. The first kappa shape index (κ1) is 28.2. The van der Waals surface area contributed by atoms with Gasteiger partial charge in [0.25, 0.3) is 5.91 Å². The van der Waals surface area contributed by atoms with Gasteiger partial charge in [0.1, 0.15) is 0 Å². The fourth-order valence-corrected chi connectivity index (χ4v) is 4.89. The zero-order valence-corrected chi connectivity index (χ0v) is 23.5. The number of hydrogen-bond donors (Lipinski definition) is 5. The first-order valence-electron chi connectivity index (χ1n) is 14.0. The van der Waals surface area contributed by atoms with E-state index in [-0.39, 0.29) is 23.9 Å². The van der Waals surface area contributed by atoms with Gasteiger partial charge in [-0.2, -0.15) is 0 Å². The molecule has 0 fully saturated rings. The van der Waals surface area contributed by atoms with Crippen LogP contribution in [0.3, 0.4) is 0 Å². The number of aromatic amines is 1. The molecule has 1 aromatic heterocycles. The molecular weight excluding hydrogens is 526 g/mol. The Morgan fingerprint density at radius 3 is 2.31 bits per heavy atom. The van der Waals surface area contributed by atoms with E-state index in [2.05, 4.69) is 20.9 Å². The highest BCUT2D eigenvalue weighted by atomic mass is 16.3. The van der Waals surface area contributed by atoms with Crippen LogP contribution in [0.2, 0.25) is 0 Å². The summed E-state index contributed by atoms with van der Waals surface area (Å²) in [6.45, 7) is 4.39. The fourth-order valence-electron chi connectivity index (χ4n) is 4.89. The highest BCUT2D eigenvalue weighted by Crippen LogP contribution is 2.33. The van der Waals surface area contributed by atoms with E-state index < -0.39 is 0 Å². The quantitative estimate of drug-likeness (QED) is 0.124. The van der Waals surface area contributed by atoms with Crippen LogP contribution in [0.1, 0.15) is 53.4 Å². The monoisotopic (exact) mass is 559 g/mol. The van der Waals surface area contributed by atoms with Crippen LogP contribution in [0.15, 0.2) is 108 Å². The van der Waals surface area contributed by atoms with Gasteiger partial charge in [-0.25, -0.2) is 9.79 Å². The summed E-state index contributed by atoms with van der Waals surface area (Å²) in [6, 6.07) is 31.5. The normalized spacial score (nSPS) is 12.1. The minimum absolute atomic E-state index is 0.0579. The second-order valence-electron chi connectivity index (χ2n) is 9.82. The second kappa shape index (κ2) is 12.9. The number of amides is 3. The summed E-state index contributed by atoms with van der Waals surface area (Å²) in [7, 11) is 0. The summed E-state index contributed by atoms with van der Waals surface area (Å²) in [6.07, 6.45) is 0.743. The number of carbonyl (C=O) groups excluding carboxylic acids is 2. The molecule has 212 valence electrons. The summed E-state index contributed by atoms with van der Waals surface area (Å²) < 4.78 is 0. The van der Waals surface area contributed by atoms with Gasteiger partial charge < -0.3 is 26.0 Å². The maximum atomic E-state index is 13.4. The molecule has 0 saturated heterocycles. The van der Waals surface area contributed by atoms with Crippen molar-refractivity contribution in [2.75, 3.05) is 11.9 Å². The molecule has 0 aliphatic rings. The Morgan fingerprint density at radius 2 is 1.60 bits per heavy atom. The van der Waals surface area contributed by atoms with Gasteiger partial charge in [0.05, 0.1) is 23.0 Å². The molecule has 0 spiro atoms. The van der Waals surface area contributed by atoms with Crippen molar-refractivity contribution in [3.8, 4) is 5.88 Å². The van der Waals surface area contributed by atoms with Crippen LogP contribution in [0.5, 0.6) is 5.88 Å². The van der Waals surface area contributed by atoms with Crippen molar-refractivity contribution in [3.05, 3.63) is 125 Å². The zero-order valence-electron chi connectivity index (χ0n) is 23.5. The smallest absolute Gasteiger partial charge is 0.319 e. The predicted octanol–water partition coefficient (Wildman–Crippen LogP) is 7.07. The number of aromatic nitrogens is 1. The van der Waals surface area contributed by atoms with E-state index in [1.54, 1.807) is 36.4 Å². The molecule has 8 nitrogen and oxygen atoms in total. The number of anilines is 1. The number of benzene rings is 4. The van der Waals surface area contributed by atoms with Gasteiger partial charge in [-0.15, -0.1) is 0 Å². The molecule has 4 aromatic carbocycles. The van der Waals surface area contributed by atoms with E-state index in [4.69, 9.17) is 4.99 Å². The largest absolute Gasteiger partial charge is 0.494 e. The van der Waals surface area contributed by atoms with Gasteiger partial charge in [0, 0.05) is 34.3 Å². The van der Waals surface area contributed by atoms with Crippen LogP contribution in [-0.2, 0) is 0 Å². The summed E-state index contributed by atoms with van der Waals surface area (Å²) in [5, 5.41) is 20.5. The van der Waals surface area contributed by atoms with Crippen molar-refractivity contribution >= 4 is 39.9 Å². The Kier molecular flexibility index (Phi) is 8.63. The van der Waals surface area contributed by atoms with Crippen molar-refractivity contribution in [1.29, 1.82) is 0 Å². The Labute approximate surface area is 244 Å². The fraction of sp³-hybridized carbons (Fsp3) is 0.147. The van der Waals surface area contributed by atoms with E-state index in [1.807, 2.05) is 80.6 Å². The lowest BCUT2D eigenvalue weighted by atomic mass is 9.99. The molecule has 1 atom stereocenters. The number of nitrogens with one attached hydrogen (secondary N) is 4. The Bertz CT molecular complexity index is 1730. The Balaban J connectivity index is 1.56. The lowest BCUT2D eigenvalue weighted by molar-refractivity contribution is 0.0935. The summed E-state index contributed by atoms with van der Waals surface area (Å²) >= 11 is 0. The van der Waals surface area contributed by atoms with E-state index >= 15 is 0 Å². The van der Waals surface area contributed by atoms with Gasteiger partial charge in [0.15, 0.2) is 5.88 Å². The number of hydrogen-bond acceptors (Lipinski definition) is 4. The number of aliphatic imine (C=N–C) groups is 1. The minimum atomic E-state index is -0.306. The average molecular weight is 560 g/mol. The second-order valence-corrected chi connectivity index (χ2v) is 9.82. The Morgan fingerprint density at radius 1 is 0.857 bits per heavy atom. The molecule has 5 rings (SSSR count). The third-order valence-electron chi connectivity index (χ3n) is 6.92. The predicted molar refractivity (Wildman–Crippen MR) is 168 cm³/mol. The van der Waals surface area contributed by atoms with Crippen LogP contribution >= 0.6 is 0 Å². The molecule has 0 radical (unpaired) electrons. The third kappa shape index (κ3) is 6.33. The zero-order chi connectivity index (χ0) is 29.5. The van der Waals surface area contributed by atoms with E-state index in [0.717, 1.165) is 17.5 Å². The van der Waals surface area contributed by atoms with Crippen LogP contribution in [-0.4, -0.2) is 34.3 Å². The van der Waals surface area contributed by atoms with Gasteiger partial charge >= 0.3 is 6.03 Å². The molecule has 0 saturated carbocycles. The van der Waals surface area contributed by atoms with E-state index in [9.17, 15) is 14.7 Å². The van der Waals surface area contributed by atoms with Gasteiger partial charge in [0.2, 0.25) is 0 Å². The molecule has 0 aliphatic heterocycles. The number of nitrogens with zero attached hydrogens (tertiary/aromatic N) is 1. The van der Waals surface area contributed by atoms with Crippen LogP contribution in [0, 0.1) is 0 Å². The molecule has 42 heavy (non-hydrogen) atoms. The molecule has 0 aliphatic carbocycles. The molecular formula is C34H33N5O3. The molecule has 8 heteroatoms. The van der Waals surface area contributed by atoms with Crippen molar-refractivity contribution in [1.82, 2.24) is 15.6 Å². The van der Waals surface area contributed by atoms with Crippen molar-refractivity contribution in [2.45, 2.75) is 26.3 Å². The van der Waals surface area contributed by atoms with Crippen LogP contribution < -0.4 is 16.0 Å². The number of urea groups is 1. The maximum Gasteiger partial charge on any atom is 0.319 e. The first-order valence-corrected chi connectivity index (χ1v) is 14.0. The first-order chi connectivity index (χ1) is 20.5. The summed E-state index contributed by atoms with van der Waals surface area (Å²) in [5.41, 5.74) is 5.12. The topological polar surface area (TPSA) is 119 Å². The number of fused-ring (bicyclic) bond motifs is 1. The van der Waals surface area contributed by atoms with Crippen LogP contribution in [0.25, 0.3) is 10.9 Å². The molecule has 0 unspecified atom stereocenters. The molecule has 3 amide bonds. The summed E-state index contributed by atoms with van der Waals surface area (Å²) in [4.78, 5) is 33.4. The lowest BCUT2D eigenvalue weighted by Gasteiger charge is -2.17. The third-order valence-corrected chi connectivity index (χ3v) is 6.92. The number of H-pyrrole nitrogens is 1. The number of rotatable bonds is 9. The van der Waals surface area contributed by atoms with Gasteiger partial charge in [-0.3, -0.25) is 4.79 Å². The standard InChI is InChI=1S/C34H33N5O3/c1-3-28(22-12-7-5-8-13-22)38-32(40)24-18-19-29-27(20-24)30(33(41)39-29)31(23-14-9-6-10-15-23)36-25-16-11-17-26(21-25)37-34(42)35-4-2/h5-21,28,39,41H,3-4H2,1-2H3,(H,38,40)(H2,35,37,42)/t28-/m1/s1. The average Bonchev–Trinajstić information content (AvgIpc) is 3.34. The van der Waals surface area contributed by atoms with E-state index in [0.29, 0.717) is 45.7 Å². The highest BCUT2D eigenvalue weighted by molar-refractivity contribution is 6.22.